The number of amides is 2. The number of ether oxygens (including phenoxy) is 3. The number of para-hydroxylation sites is 1. The van der Waals surface area contributed by atoms with E-state index in [0.29, 0.717) is 30.4 Å². The van der Waals surface area contributed by atoms with Crippen LogP contribution in [0.5, 0.6) is 5.75 Å². The highest BCUT2D eigenvalue weighted by Crippen LogP contribution is 2.31. The number of nitrogens with zero attached hydrogens (tertiary/aromatic N) is 2. The molecule has 0 saturated carbocycles. The number of anilines is 2. The highest BCUT2D eigenvalue weighted by atomic mass is 16.6. The van der Waals surface area contributed by atoms with Gasteiger partial charge in [0.2, 0.25) is 5.95 Å². The normalized spacial score (nSPS) is 22.5. The lowest BCUT2D eigenvalue weighted by Crippen LogP contribution is -2.46. The van der Waals surface area contributed by atoms with E-state index in [-0.39, 0.29) is 36.1 Å². The van der Waals surface area contributed by atoms with Gasteiger partial charge in [-0.3, -0.25) is 4.79 Å². The molecule has 3 aromatic rings. The van der Waals surface area contributed by atoms with E-state index in [1.54, 1.807) is 37.6 Å². The van der Waals surface area contributed by atoms with Crippen molar-refractivity contribution in [1.82, 2.24) is 15.3 Å². The van der Waals surface area contributed by atoms with E-state index in [0.717, 1.165) is 17.0 Å². The van der Waals surface area contributed by atoms with Gasteiger partial charge in [-0.25, -0.2) is 14.8 Å². The number of ketones is 1. The molecule has 0 aliphatic carbocycles. The molecule has 5 rings (SSSR count). The molecule has 2 aromatic carbocycles. The molecule has 0 bridgehead atoms. The lowest BCUT2D eigenvalue weighted by atomic mass is 10.1. The smallest absolute Gasteiger partial charge is 0.319 e. The molecule has 0 radical (unpaired) electrons. The highest BCUT2D eigenvalue weighted by molar-refractivity contribution is 5.95. The van der Waals surface area contributed by atoms with Gasteiger partial charge in [0.05, 0.1) is 38.1 Å². The monoisotopic (exact) mass is 489 g/mol. The number of fused-ring (bicyclic) bond motifs is 1. The van der Waals surface area contributed by atoms with Crippen LogP contribution in [0.3, 0.4) is 0 Å². The fourth-order valence-corrected chi connectivity index (χ4v) is 4.47. The van der Waals surface area contributed by atoms with Crippen molar-refractivity contribution in [1.29, 1.82) is 0 Å². The van der Waals surface area contributed by atoms with Gasteiger partial charge in [0.15, 0.2) is 5.78 Å². The summed E-state index contributed by atoms with van der Waals surface area (Å²) in [6, 6.07) is 15.4. The van der Waals surface area contributed by atoms with E-state index in [2.05, 4.69) is 25.9 Å². The molecule has 2 fully saturated rings. The number of hydrogen-bond donors (Lipinski definition) is 3. The van der Waals surface area contributed by atoms with Crippen LogP contribution in [0.4, 0.5) is 16.4 Å². The Kier molecular flexibility index (Phi) is 6.79. The van der Waals surface area contributed by atoms with Crippen LogP contribution in [0.15, 0.2) is 60.8 Å². The summed E-state index contributed by atoms with van der Waals surface area (Å²) in [6.07, 6.45) is 1.13. The van der Waals surface area contributed by atoms with Gasteiger partial charge in [-0.2, -0.15) is 0 Å². The minimum atomic E-state index is -0.368. The summed E-state index contributed by atoms with van der Waals surface area (Å²) in [6.45, 7) is 2.22. The van der Waals surface area contributed by atoms with Gasteiger partial charge in [0.25, 0.3) is 0 Å². The summed E-state index contributed by atoms with van der Waals surface area (Å²) in [5.41, 5.74) is 2.78. The molecule has 1 aromatic heterocycles. The molecule has 2 saturated heterocycles. The fraction of sp³-hybridized carbons (Fsp3) is 0.308. The minimum absolute atomic E-state index is 0.0291. The molecule has 3 heterocycles. The quantitative estimate of drug-likeness (QED) is 0.433. The first kappa shape index (κ1) is 23.7. The van der Waals surface area contributed by atoms with Crippen molar-refractivity contribution < 1.29 is 23.8 Å². The molecule has 2 aliphatic heterocycles. The number of nitrogens with one attached hydrogen (secondary N) is 3. The second kappa shape index (κ2) is 10.3. The zero-order chi connectivity index (χ0) is 25.1. The van der Waals surface area contributed by atoms with Gasteiger partial charge in [-0.1, -0.05) is 12.1 Å². The molecule has 4 atom stereocenters. The molecular formula is C26H27N5O5. The lowest BCUT2D eigenvalue weighted by molar-refractivity contribution is 0.0683. The summed E-state index contributed by atoms with van der Waals surface area (Å²) in [4.78, 5) is 32.9. The van der Waals surface area contributed by atoms with Gasteiger partial charge in [0.1, 0.15) is 18.0 Å². The van der Waals surface area contributed by atoms with Crippen LogP contribution in [-0.2, 0) is 9.47 Å². The number of Topliss-reactive ketones (excluding diaryl/α,β-unsaturated/α-hetero) is 1. The number of aromatic nitrogens is 2. The van der Waals surface area contributed by atoms with E-state index >= 15 is 0 Å². The Bertz CT molecular complexity index is 1250. The second-order valence-corrected chi connectivity index (χ2v) is 8.65. The summed E-state index contributed by atoms with van der Waals surface area (Å²) in [5.74, 6) is 1.16. The average Bonchev–Trinajstić information content (AvgIpc) is 3.47. The molecule has 2 amide bonds. The Hall–Kier alpha value is -4.02. The first-order chi connectivity index (χ1) is 17.5. The van der Waals surface area contributed by atoms with E-state index in [1.807, 2.05) is 30.3 Å². The van der Waals surface area contributed by atoms with Crippen molar-refractivity contribution in [3.63, 3.8) is 0 Å². The topological polar surface area (TPSA) is 124 Å². The third kappa shape index (κ3) is 5.00. The van der Waals surface area contributed by atoms with Crippen molar-refractivity contribution in [2.75, 3.05) is 31.0 Å². The summed E-state index contributed by atoms with van der Waals surface area (Å²) < 4.78 is 17.4. The molecule has 10 nitrogen and oxygen atoms in total. The van der Waals surface area contributed by atoms with Crippen LogP contribution < -0.4 is 20.7 Å². The zero-order valence-corrected chi connectivity index (χ0v) is 19.9. The Labute approximate surface area is 208 Å². The molecular weight excluding hydrogens is 462 g/mol. The maximum absolute atomic E-state index is 12.5. The molecule has 36 heavy (non-hydrogen) atoms. The SMILES string of the molecule is COc1ccccc1-c1ccnc(NC2COC3C(NC(=O)Nc4ccc(C(C)=O)cc4)COC23)n1. The van der Waals surface area contributed by atoms with E-state index in [4.69, 9.17) is 14.2 Å². The van der Waals surface area contributed by atoms with Crippen LogP contribution >= 0.6 is 0 Å². The third-order valence-electron chi connectivity index (χ3n) is 6.27. The van der Waals surface area contributed by atoms with Gasteiger partial charge >= 0.3 is 6.03 Å². The number of rotatable bonds is 7. The summed E-state index contributed by atoms with van der Waals surface area (Å²) in [7, 11) is 1.63. The van der Waals surface area contributed by atoms with Crippen LogP contribution in [0.25, 0.3) is 11.3 Å². The Morgan fingerprint density at radius 3 is 2.44 bits per heavy atom. The molecule has 2 aliphatic rings. The van der Waals surface area contributed by atoms with Gasteiger partial charge < -0.3 is 30.2 Å². The van der Waals surface area contributed by atoms with Gasteiger partial charge in [-0.15, -0.1) is 0 Å². The van der Waals surface area contributed by atoms with Crippen molar-refractivity contribution in [3.05, 3.63) is 66.4 Å². The highest BCUT2D eigenvalue weighted by Gasteiger charge is 2.48. The Balaban J connectivity index is 1.19. The number of carbonyl (C=O) groups excluding carboxylic acids is 2. The molecule has 10 heteroatoms. The number of urea groups is 1. The van der Waals surface area contributed by atoms with E-state index in [9.17, 15) is 9.59 Å². The Morgan fingerprint density at radius 2 is 1.69 bits per heavy atom. The number of methoxy groups -OCH3 is 1. The standard InChI is InChI=1S/C26H27N5O5/c1-15(32)16-7-9-17(10-8-16)28-26(33)31-21-14-36-23-20(13-35-24(21)23)30-25-27-12-11-19(29-25)18-5-3-4-6-22(18)34-2/h3-12,20-21,23-24H,13-14H2,1-2H3,(H,27,29,30)(H2,28,31,33). The number of hydrogen-bond acceptors (Lipinski definition) is 8. The van der Waals surface area contributed by atoms with Crippen molar-refractivity contribution in [2.45, 2.75) is 31.2 Å². The number of benzene rings is 2. The van der Waals surface area contributed by atoms with Crippen molar-refractivity contribution in [2.24, 2.45) is 0 Å². The largest absolute Gasteiger partial charge is 0.496 e. The van der Waals surface area contributed by atoms with Crippen molar-refractivity contribution >= 4 is 23.5 Å². The molecule has 3 N–H and O–H groups in total. The first-order valence-corrected chi connectivity index (χ1v) is 11.7. The minimum Gasteiger partial charge on any atom is -0.496 e. The van der Waals surface area contributed by atoms with Crippen molar-refractivity contribution in [3.8, 4) is 17.0 Å². The third-order valence-corrected chi connectivity index (χ3v) is 6.27. The van der Waals surface area contributed by atoms with E-state index in [1.165, 1.54) is 6.92 Å². The molecule has 0 spiro atoms. The molecule has 186 valence electrons. The van der Waals surface area contributed by atoms with Crippen LogP contribution in [-0.4, -0.2) is 66.4 Å². The Morgan fingerprint density at radius 1 is 0.972 bits per heavy atom. The van der Waals surface area contributed by atoms with Crippen LogP contribution in [0, 0.1) is 0 Å². The first-order valence-electron chi connectivity index (χ1n) is 11.7. The fourth-order valence-electron chi connectivity index (χ4n) is 4.47. The maximum atomic E-state index is 12.5. The summed E-state index contributed by atoms with van der Waals surface area (Å²) in [5, 5.41) is 9.02. The molecule has 4 unspecified atom stereocenters. The zero-order valence-electron chi connectivity index (χ0n) is 19.9. The predicted molar refractivity (Wildman–Crippen MR) is 133 cm³/mol. The van der Waals surface area contributed by atoms with Gasteiger partial charge in [0, 0.05) is 23.0 Å². The van der Waals surface area contributed by atoms with Gasteiger partial charge in [-0.05, 0) is 49.4 Å². The predicted octanol–water partition coefficient (Wildman–Crippen LogP) is 3.12. The summed E-state index contributed by atoms with van der Waals surface area (Å²) >= 11 is 0. The van der Waals surface area contributed by atoms with Crippen LogP contribution in [0.2, 0.25) is 0 Å². The van der Waals surface area contributed by atoms with E-state index < -0.39 is 0 Å². The average molecular weight is 490 g/mol. The second-order valence-electron chi connectivity index (χ2n) is 8.65. The maximum Gasteiger partial charge on any atom is 0.319 e. The number of carbonyl (C=O) groups is 2. The lowest BCUT2D eigenvalue weighted by Gasteiger charge is -2.19. The van der Waals surface area contributed by atoms with Crippen LogP contribution in [0.1, 0.15) is 17.3 Å².